The quantitative estimate of drug-likeness (QED) is 0.827. The normalized spacial score (nSPS) is 19.2. The van der Waals surface area contributed by atoms with E-state index in [9.17, 15) is 8.42 Å². The summed E-state index contributed by atoms with van der Waals surface area (Å²) in [4.78, 5) is 0.147. The predicted octanol–water partition coefficient (Wildman–Crippen LogP) is 1.23. The van der Waals surface area contributed by atoms with Gasteiger partial charge in [-0.25, -0.2) is 8.42 Å². The molecule has 0 amide bonds. The highest BCUT2D eigenvalue weighted by atomic mass is 32.2. The zero-order valence-corrected chi connectivity index (χ0v) is 14.0. The van der Waals surface area contributed by atoms with Crippen molar-refractivity contribution in [2.45, 2.75) is 38.2 Å². The van der Waals surface area contributed by atoms with Crippen LogP contribution in [0.25, 0.3) is 0 Å². The Morgan fingerprint density at radius 3 is 2.65 bits per heavy atom. The van der Waals surface area contributed by atoms with Gasteiger partial charge in [-0.2, -0.15) is 9.40 Å². The molecular formula is C14H18N4O4S. The van der Waals surface area contributed by atoms with Crippen molar-refractivity contribution in [1.82, 2.24) is 19.7 Å². The fraction of sp³-hybridized carbons (Fsp3) is 0.500. The van der Waals surface area contributed by atoms with Gasteiger partial charge >= 0.3 is 0 Å². The third-order valence-corrected chi connectivity index (χ3v) is 5.84. The standard InChI is InChI=1S/C14H18N4O4S/c1-9-4-5-13(16-15-9)21-12-6-7-18(8-12)23(19,20)14-10(2)17-22-11(14)3/h4-5,12H,6-8H2,1-3H3/t12-/m1/s1. The summed E-state index contributed by atoms with van der Waals surface area (Å²) in [7, 11) is -3.63. The second kappa shape index (κ2) is 5.89. The van der Waals surface area contributed by atoms with Crippen molar-refractivity contribution in [2.75, 3.05) is 13.1 Å². The Morgan fingerprint density at radius 1 is 1.26 bits per heavy atom. The molecule has 9 heteroatoms. The first-order valence-electron chi connectivity index (χ1n) is 7.28. The summed E-state index contributed by atoms with van der Waals surface area (Å²) < 4.78 is 37.5. The van der Waals surface area contributed by atoms with Crippen LogP contribution in [-0.4, -0.2) is 47.3 Å². The van der Waals surface area contributed by atoms with E-state index in [4.69, 9.17) is 9.26 Å². The van der Waals surface area contributed by atoms with Crippen LogP contribution in [0, 0.1) is 20.8 Å². The second-order valence-corrected chi connectivity index (χ2v) is 7.43. The Labute approximate surface area is 134 Å². The molecule has 23 heavy (non-hydrogen) atoms. The van der Waals surface area contributed by atoms with Crippen LogP contribution in [-0.2, 0) is 10.0 Å². The topological polar surface area (TPSA) is 98.4 Å². The van der Waals surface area contributed by atoms with Gasteiger partial charge in [-0.05, 0) is 33.3 Å². The maximum Gasteiger partial charge on any atom is 0.248 e. The molecule has 0 radical (unpaired) electrons. The maximum atomic E-state index is 12.7. The minimum absolute atomic E-state index is 0.147. The van der Waals surface area contributed by atoms with Gasteiger partial charge in [0.05, 0.1) is 12.2 Å². The van der Waals surface area contributed by atoms with E-state index < -0.39 is 10.0 Å². The van der Waals surface area contributed by atoms with Crippen molar-refractivity contribution in [2.24, 2.45) is 0 Å². The Morgan fingerprint density at radius 2 is 2.04 bits per heavy atom. The van der Waals surface area contributed by atoms with Gasteiger partial charge in [0, 0.05) is 12.6 Å². The first kappa shape index (κ1) is 15.9. The van der Waals surface area contributed by atoms with Crippen molar-refractivity contribution < 1.29 is 17.7 Å². The molecule has 8 nitrogen and oxygen atoms in total. The summed E-state index contributed by atoms with van der Waals surface area (Å²) in [5.41, 5.74) is 1.17. The third kappa shape index (κ3) is 3.06. The molecule has 1 saturated heterocycles. The number of hydrogen-bond acceptors (Lipinski definition) is 7. The van der Waals surface area contributed by atoms with Gasteiger partial charge in [0.15, 0.2) is 5.76 Å². The van der Waals surface area contributed by atoms with Crippen molar-refractivity contribution in [3.63, 3.8) is 0 Å². The molecule has 0 aromatic carbocycles. The van der Waals surface area contributed by atoms with Crippen molar-refractivity contribution >= 4 is 10.0 Å². The predicted molar refractivity (Wildman–Crippen MR) is 80.5 cm³/mol. The van der Waals surface area contributed by atoms with Gasteiger partial charge in [0.2, 0.25) is 15.9 Å². The molecule has 0 N–H and O–H groups in total. The van der Waals surface area contributed by atoms with Gasteiger partial charge in [0.1, 0.15) is 16.7 Å². The Balaban J connectivity index is 1.73. The van der Waals surface area contributed by atoms with Gasteiger partial charge < -0.3 is 9.26 Å². The van der Waals surface area contributed by atoms with E-state index in [1.807, 2.05) is 6.92 Å². The largest absolute Gasteiger partial charge is 0.472 e. The Kier molecular flexibility index (Phi) is 4.07. The van der Waals surface area contributed by atoms with E-state index in [2.05, 4.69) is 15.4 Å². The molecule has 124 valence electrons. The van der Waals surface area contributed by atoms with Crippen LogP contribution in [0.15, 0.2) is 21.6 Å². The van der Waals surface area contributed by atoms with Crippen LogP contribution in [0.3, 0.4) is 0 Å². The molecule has 2 aromatic rings. The number of nitrogens with zero attached hydrogens (tertiary/aromatic N) is 4. The van der Waals surface area contributed by atoms with E-state index in [1.54, 1.807) is 26.0 Å². The van der Waals surface area contributed by atoms with Crippen LogP contribution in [0.5, 0.6) is 5.88 Å². The summed E-state index contributed by atoms with van der Waals surface area (Å²) in [5, 5.41) is 11.6. The number of sulfonamides is 1. The lowest BCUT2D eigenvalue weighted by atomic mass is 10.3. The zero-order valence-electron chi connectivity index (χ0n) is 13.2. The zero-order chi connectivity index (χ0) is 16.6. The highest BCUT2D eigenvalue weighted by molar-refractivity contribution is 7.89. The van der Waals surface area contributed by atoms with Crippen molar-refractivity contribution in [1.29, 1.82) is 0 Å². The molecule has 0 saturated carbocycles. The Hall–Kier alpha value is -2.00. The number of ether oxygens (including phenoxy) is 1. The lowest BCUT2D eigenvalue weighted by molar-refractivity contribution is 0.204. The number of rotatable bonds is 4. The summed E-state index contributed by atoms with van der Waals surface area (Å²) in [6, 6.07) is 3.53. The number of aromatic nitrogens is 3. The SMILES string of the molecule is Cc1ccc(O[C@@H]2CCN(S(=O)(=O)c3c(C)noc3C)C2)nn1. The molecule has 2 aromatic heterocycles. The summed E-state index contributed by atoms with van der Waals surface area (Å²) in [6.07, 6.45) is 0.347. The van der Waals surface area contributed by atoms with Crippen molar-refractivity contribution in [3.05, 3.63) is 29.3 Å². The van der Waals surface area contributed by atoms with Crippen LogP contribution >= 0.6 is 0 Å². The molecule has 3 rings (SSSR count). The van der Waals surface area contributed by atoms with Gasteiger partial charge in [0.25, 0.3) is 0 Å². The number of aryl methyl sites for hydroxylation is 3. The molecule has 1 aliphatic rings. The first-order valence-corrected chi connectivity index (χ1v) is 8.72. The molecule has 0 aliphatic carbocycles. The molecule has 1 fully saturated rings. The lowest BCUT2D eigenvalue weighted by Gasteiger charge is -2.16. The van der Waals surface area contributed by atoms with Crippen LogP contribution in [0.1, 0.15) is 23.6 Å². The lowest BCUT2D eigenvalue weighted by Crippen LogP contribution is -2.31. The average molecular weight is 338 g/mol. The van der Waals surface area contributed by atoms with E-state index in [-0.39, 0.29) is 17.5 Å². The molecule has 1 aliphatic heterocycles. The average Bonchev–Trinajstić information content (AvgIpc) is 3.09. The van der Waals surface area contributed by atoms with Gasteiger partial charge in [-0.1, -0.05) is 5.16 Å². The van der Waals surface area contributed by atoms with Crippen molar-refractivity contribution in [3.8, 4) is 5.88 Å². The molecule has 0 bridgehead atoms. The summed E-state index contributed by atoms with van der Waals surface area (Å²) in [6.45, 7) is 5.71. The highest BCUT2D eigenvalue weighted by Gasteiger charge is 2.37. The van der Waals surface area contributed by atoms with E-state index in [1.165, 1.54) is 4.31 Å². The van der Waals surface area contributed by atoms with Crippen LogP contribution in [0.4, 0.5) is 0 Å². The molecule has 3 heterocycles. The van der Waals surface area contributed by atoms with Crippen LogP contribution < -0.4 is 4.74 Å². The molecule has 1 atom stereocenters. The van der Waals surface area contributed by atoms with E-state index in [0.29, 0.717) is 30.3 Å². The minimum Gasteiger partial charge on any atom is -0.472 e. The van der Waals surface area contributed by atoms with Crippen LogP contribution in [0.2, 0.25) is 0 Å². The van der Waals surface area contributed by atoms with Gasteiger partial charge in [-0.3, -0.25) is 0 Å². The number of hydrogen-bond donors (Lipinski definition) is 0. The smallest absolute Gasteiger partial charge is 0.248 e. The Bertz CT molecular complexity index is 781. The van der Waals surface area contributed by atoms with Gasteiger partial charge in [-0.15, -0.1) is 5.10 Å². The fourth-order valence-corrected chi connectivity index (χ4v) is 4.38. The van der Waals surface area contributed by atoms with E-state index in [0.717, 1.165) is 5.69 Å². The molecule has 0 spiro atoms. The second-order valence-electron chi connectivity index (χ2n) is 5.56. The highest BCUT2D eigenvalue weighted by Crippen LogP contribution is 2.27. The third-order valence-electron chi connectivity index (χ3n) is 3.73. The fourth-order valence-electron chi connectivity index (χ4n) is 2.60. The summed E-state index contributed by atoms with van der Waals surface area (Å²) >= 11 is 0. The minimum atomic E-state index is -3.63. The first-order chi connectivity index (χ1) is 10.9. The summed E-state index contributed by atoms with van der Waals surface area (Å²) in [5.74, 6) is 0.702. The van der Waals surface area contributed by atoms with E-state index >= 15 is 0 Å². The maximum absolute atomic E-state index is 12.7. The monoisotopic (exact) mass is 338 g/mol. The molecule has 0 unspecified atom stereocenters. The molecular weight excluding hydrogens is 320 g/mol.